The Morgan fingerprint density at radius 2 is 2.10 bits per heavy atom. The maximum Gasteiger partial charge on any atom is 0.270 e. The number of amides is 1. The van der Waals surface area contributed by atoms with Gasteiger partial charge in [0.05, 0.1) is 0 Å². The van der Waals surface area contributed by atoms with Gasteiger partial charge in [-0.05, 0) is 51.9 Å². The highest BCUT2D eigenvalue weighted by atomic mass is 16.1. The quantitative estimate of drug-likeness (QED) is 0.842. The molecule has 2 heterocycles. The second-order valence-electron chi connectivity index (χ2n) is 5.67. The number of nitrogens with one attached hydrogen (secondary N) is 2. The van der Waals surface area contributed by atoms with E-state index in [0.29, 0.717) is 5.69 Å². The van der Waals surface area contributed by atoms with E-state index in [4.69, 9.17) is 0 Å². The van der Waals surface area contributed by atoms with E-state index >= 15 is 0 Å². The number of nitrogens with zero attached hydrogens (tertiary/aromatic N) is 2. The zero-order chi connectivity index (χ0) is 15.1. The molecular weight excluding hydrogens is 264 g/mol. The van der Waals surface area contributed by atoms with Gasteiger partial charge in [0.25, 0.3) is 5.91 Å². The van der Waals surface area contributed by atoms with E-state index in [-0.39, 0.29) is 11.9 Å². The first kappa shape index (κ1) is 15.8. The summed E-state index contributed by atoms with van der Waals surface area (Å²) in [5, 5.41) is 6.16. The van der Waals surface area contributed by atoms with Crippen LogP contribution in [-0.2, 0) is 0 Å². The average Bonchev–Trinajstić information content (AvgIpc) is 2.48. The van der Waals surface area contributed by atoms with Crippen molar-refractivity contribution in [2.45, 2.75) is 39.2 Å². The lowest BCUT2D eigenvalue weighted by Crippen LogP contribution is -2.43. The molecule has 2 N–H and O–H groups in total. The summed E-state index contributed by atoms with van der Waals surface area (Å²) in [7, 11) is 0. The molecule has 5 nitrogen and oxygen atoms in total. The minimum absolute atomic E-state index is 0.0979. The molecular formula is C16H26N4O. The maximum atomic E-state index is 12.2. The number of piperidine rings is 1. The van der Waals surface area contributed by atoms with Crippen LogP contribution in [0.3, 0.4) is 0 Å². The van der Waals surface area contributed by atoms with Crippen molar-refractivity contribution in [1.29, 1.82) is 0 Å². The molecule has 116 valence electrons. The predicted octanol–water partition coefficient (Wildman–Crippen LogP) is 2.12. The topological polar surface area (TPSA) is 57.3 Å². The molecule has 1 unspecified atom stereocenters. The summed E-state index contributed by atoms with van der Waals surface area (Å²) in [5.41, 5.74) is 0.471. The van der Waals surface area contributed by atoms with Crippen LogP contribution in [0.4, 0.5) is 5.82 Å². The van der Waals surface area contributed by atoms with E-state index in [1.165, 1.54) is 19.3 Å². The Labute approximate surface area is 127 Å². The second-order valence-corrected chi connectivity index (χ2v) is 5.67. The van der Waals surface area contributed by atoms with Crippen molar-refractivity contribution in [2.24, 2.45) is 0 Å². The Kier molecular flexibility index (Phi) is 5.99. The van der Waals surface area contributed by atoms with Gasteiger partial charge >= 0.3 is 0 Å². The van der Waals surface area contributed by atoms with E-state index in [0.717, 1.165) is 32.0 Å². The van der Waals surface area contributed by atoms with Gasteiger partial charge in [0.15, 0.2) is 0 Å². The third kappa shape index (κ3) is 5.01. The molecule has 1 aromatic heterocycles. The lowest BCUT2D eigenvalue weighted by Gasteiger charge is -2.29. The third-order valence-corrected chi connectivity index (χ3v) is 3.70. The number of hydrogen-bond donors (Lipinski definition) is 2. The first-order chi connectivity index (χ1) is 10.2. The van der Waals surface area contributed by atoms with Crippen molar-refractivity contribution < 1.29 is 4.79 Å². The molecule has 1 aliphatic rings. The fraction of sp³-hybridized carbons (Fsp3) is 0.625. The van der Waals surface area contributed by atoms with Gasteiger partial charge in [-0.15, -0.1) is 0 Å². The molecule has 1 saturated heterocycles. The van der Waals surface area contributed by atoms with Gasteiger partial charge in [-0.1, -0.05) is 12.5 Å². The second kappa shape index (κ2) is 7.98. The van der Waals surface area contributed by atoms with E-state index in [1.54, 1.807) is 6.07 Å². The molecule has 1 aromatic rings. The zero-order valence-electron chi connectivity index (χ0n) is 13.1. The molecule has 0 spiro atoms. The number of pyridine rings is 1. The molecule has 0 aromatic carbocycles. The van der Waals surface area contributed by atoms with E-state index in [9.17, 15) is 4.79 Å². The minimum atomic E-state index is -0.0979. The molecule has 21 heavy (non-hydrogen) atoms. The van der Waals surface area contributed by atoms with E-state index in [1.807, 2.05) is 19.1 Å². The smallest absolute Gasteiger partial charge is 0.270 e. The molecule has 0 radical (unpaired) electrons. The predicted molar refractivity (Wildman–Crippen MR) is 85.6 cm³/mol. The Hall–Kier alpha value is -1.62. The molecule has 1 atom stereocenters. The average molecular weight is 290 g/mol. The monoisotopic (exact) mass is 290 g/mol. The number of hydrogen-bond acceptors (Lipinski definition) is 4. The number of aromatic nitrogens is 1. The summed E-state index contributed by atoms with van der Waals surface area (Å²) >= 11 is 0. The van der Waals surface area contributed by atoms with Crippen LogP contribution in [0.1, 0.15) is 43.6 Å². The Morgan fingerprint density at radius 3 is 2.81 bits per heavy atom. The molecule has 1 aliphatic heterocycles. The summed E-state index contributed by atoms with van der Waals surface area (Å²) < 4.78 is 0. The van der Waals surface area contributed by atoms with Crippen LogP contribution < -0.4 is 10.6 Å². The number of anilines is 1. The van der Waals surface area contributed by atoms with Gasteiger partial charge in [0, 0.05) is 19.1 Å². The Morgan fingerprint density at radius 1 is 1.33 bits per heavy atom. The van der Waals surface area contributed by atoms with Crippen LogP contribution >= 0.6 is 0 Å². The molecule has 0 aliphatic carbocycles. The Bertz CT molecular complexity index is 457. The molecule has 0 saturated carbocycles. The Balaban J connectivity index is 1.86. The van der Waals surface area contributed by atoms with E-state index in [2.05, 4.69) is 27.4 Å². The normalized spacial score (nSPS) is 17.2. The van der Waals surface area contributed by atoms with Crippen LogP contribution in [0, 0.1) is 0 Å². The summed E-state index contributed by atoms with van der Waals surface area (Å²) in [6, 6.07) is 5.62. The van der Waals surface area contributed by atoms with Gasteiger partial charge in [-0.2, -0.15) is 0 Å². The standard InChI is InChI=1S/C16H26N4O/c1-3-17-15-9-7-8-14(19-15)16(21)18-13(2)12-20-10-5-4-6-11-20/h7-9,13H,3-6,10-12H2,1-2H3,(H,17,19)(H,18,21). The molecule has 2 rings (SSSR count). The SMILES string of the molecule is CCNc1cccc(C(=O)NC(C)CN2CCCCC2)n1. The van der Waals surface area contributed by atoms with Crippen molar-refractivity contribution in [3.05, 3.63) is 23.9 Å². The van der Waals surface area contributed by atoms with Gasteiger partial charge in [0.2, 0.25) is 0 Å². The van der Waals surface area contributed by atoms with Crippen molar-refractivity contribution >= 4 is 11.7 Å². The number of rotatable bonds is 6. The molecule has 5 heteroatoms. The highest BCUT2D eigenvalue weighted by Gasteiger charge is 2.16. The van der Waals surface area contributed by atoms with Crippen molar-refractivity contribution in [3.8, 4) is 0 Å². The number of likely N-dealkylation sites (tertiary alicyclic amines) is 1. The zero-order valence-corrected chi connectivity index (χ0v) is 13.1. The van der Waals surface area contributed by atoms with Crippen LogP contribution in [0.25, 0.3) is 0 Å². The highest BCUT2D eigenvalue weighted by Crippen LogP contribution is 2.09. The number of carbonyl (C=O) groups is 1. The van der Waals surface area contributed by atoms with Gasteiger partial charge in [-0.25, -0.2) is 4.98 Å². The lowest BCUT2D eigenvalue weighted by molar-refractivity contribution is 0.0921. The van der Waals surface area contributed by atoms with Crippen LogP contribution in [-0.4, -0.2) is 48.0 Å². The van der Waals surface area contributed by atoms with Gasteiger partial charge in [0.1, 0.15) is 11.5 Å². The minimum Gasteiger partial charge on any atom is -0.370 e. The molecule has 0 bridgehead atoms. The summed E-state index contributed by atoms with van der Waals surface area (Å²) in [6.07, 6.45) is 3.87. The fourth-order valence-corrected chi connectivity index (χ4v) is 2.71. The van der Waals surface area contributed by atoms with Crippen LogP contribution in [0.15, 0.2) is 18.2 Å². The summed E-state index contributed by atoms with van der Waals surface area (Å²) in [4.78, 5) is 19.0. The summed E-state index contributed by atoms with van der Waals surface area (Å²) in [6.45, 7) is 8.07. The van der Waals surface area contributed by atoms with Crippen LogP contribution in [0.2, 0.25) is 0 Å². The van der Waals surface area contributed by atoms with Gasteiger partial charge < -0.3 is 15.5 Å². The summed E-state index contributed by atoms with van der Waals surface area (Å²) in [5.74, 6) is 0.646. The van der Waals surface area contributed by atoms with Crippen molar-refractivity contribution in [2.75, 3.05) is 31.5 Å². The largest absolute Gasteiger partial charge is 0.370 e. The first-order valence-corrected chi connectivity index (χ1v) is 7.93. The van der Waals surface area contributed by atoms with E-state index < -0.39 is 0 Å². The van der Waals surface area contributed by atoms with Crippen molar-refractivity contribution in [3.63, 3.8) is 0 Å². The fourth-order valence-electron chi connectivity index (χ4n) is 2.71. The molecule has 1 fully saturated rings. The third-order valence-electron chi connectivity index (χ3n) is 3.70. The lowest BCUT2D eigenvalue weighted by atomic mass is 10.1. The van der Waals surface area contributed by atoms with Crippen LogP contribution in [0.5, 0.6) is 0 Å². The number of carbonyl (C=O) groups excluding carboxylic acids is 1. The highest BCUT2D eigenvalue weighted by molar-refractivity contribution is 5.92. The van der Waals surface area contributed by atoms with Crippen molar-refractivity contribution in [1.82, 2.24) is 15.2 Å². The first-order valence-electron chi connectivity index (χ1n) is 7.93. The maximum absolute atomic E-state index is 12.2. The molecule has 1 amide bonds. The van der Waals surface area contributed by atoms with Gasteiger partial charge in [-0.3, -0.25) is 4.79 Å².